The number of carboxylic acid groups (broad SMARTS) is 1. The summed E-state index contributed by atoms with van der Waals surface area (Å²) >= 11 is 0. The lowest BCUT2D eigenvalue weighted by atomic mass is 9.96. The predicted octanol–water partition coefficient (Wildman–Crippen LogP) is 13.3. The molecule has 0 radical (unpaired) electrons. The fourth-order valence-corrected chi connectivity index (χ4v) is 5.29. The van der Waals surface area contributed by atoms with E-state index in [2.05, 4.69) is 34.6 Å². The molecule has 1 N–H and O–H groups in total. The van der Waals surface area contributed by atoms with E-state index in [4.69, 9.17) is 5.11 Å². The minimum absolute atomic E-state index is 0.344. The first kappa shape index (κ1) is 39.6. The van der Waals surface area contributed by atoms with E-state index in [0.29, 0.717) is 6.42 Å². The van der Waals surface area contributed by atoms with Gasteiger partial charge in [-0.3, -0.25) is 4.79 Å². The van der Waals surface area contributed by atoms with Crippen LogP contribution < -0.4 is 0 Å². The van der Waals surface area contributed by atoms with Crippen molar-refractivity contribution in [3.8, 4) is 0 Å². The smallest absolute Gasteiger partial charge is 0.303 e. The van der Waals surface area contributed by atoms with E-state index < -0.39 is 5.97 Å². The molecule has 0 aromatic carbocycles. The zero-order valence-corrected chi connectivity index (χ0v) is 27.3. The van der Waals surface area contributed by atoms with Gasteiger partial charge in [-0.15, -0.1) is 0 Å². The Balaban J connectivity index is 0. The molecule has 1 atom stereocenters. The van der Waals surface area contributed by atoms with Gasteiger partial charge >= 0.3 is 5.97 Å². The molecule has 0 saturated carbocycles. The first-order valence-corrected chi connectivity index (χ1v) is 17.7. The molecule has 0 fully saturated rings. The lowest BCUT2D eigenvalue weighted by Gasteiger charge is -2.10. The van der Waals surface area contributed by atoms with Crippen LogP contribution in [0.2, 0.25) is 0 Å². The molecule has 1 unspecified atom stereocenters. The number of rotatable bonds is 29. The van der Waals surface area contributed by atoms with Crippen LogP contribution in [0.3, 0.4) is 0 Å². The average molecular weight is 539 g/mol. The Morgan fingerprint density at radius 2 is 0.737 bits per heavy atom. The highest BCUT2D eigenvalue weighted by Crippen LogP contribution is 2.18. The molecule has 0 spiro atoms. The molecule has 0 heterocycles. The van der Waals surface area contributed by atoms with Gasteiger partial charge in [0.2, 0.25) is 0 Å². The van der Waals surface area contributed by atoms with E-state index >= 15 is 0 Å². The summed E-state index contributed by atoms with van der Waals surface area (Å²) in [6.45, 7) is 11.7. The van der Waals surface area contributed by atoms with Gasteiger partial charge in [0.1, 0.15) is 0 Å². The minimum Gasteiger partial charge on any atom is -0.481 e. The van der Waals surface area contributed by atoms with Gasteiger partial charge < -0.3 is 5.11 Å². The summed E-state index contributed by atoms with van der Waals surface area (Å²) < 4.78 is 0. The highest BCUT2D eigenvalue weighted by atomic mass is 16.4. The standard InChI is InChI=1S/C18H36O2.C18H38/c1-17(2)15-13-11-9-7-5-3-4-6-8-10-12-14-16-18(19)20;1-4-6-8-10-11-13-15-17-18(3)16-14-12-9-7-5-2/h17H,3-16H2,1-2H3,(H,19,20);18H,4-17H2,1-3H3. The van der Waals surface area contributed by atoms with Gasteiger partial charge in [0, 0.05) is 6.42 Å². The SMILES string of the molecule is CC(C)CCCCCCCCCCCCCCC(=O)O.CCCCCCCCCC(C)CCCCCCC. The van der Waals surface area contributed by atoms with Crippen LogP contribution in [0.15, 0.2) is 0 Å². The molecule has 0 aromatic rings. The van der Waals surface area contributed by atoms with Gasteiger partial charge in [0.05, 0.1) is 0 Å². The summed E-state index contributed by atoms with van der Waals surface area (Å²) in [6, 6.07) is 0. The summed E-state index contributed by atoms with van der Waals surface area (Å²) in [5.41, 5.74) is 0. The zero-order valence-electron chi connectivity index (χ0n) is 27.3. The fraction of sp³-hybridized carbons (Fsp3) is 0.972. The largest absolute Gasteiger partial charge is 0.481 e. The van der Waals surface area contributed by atoms with Gasteiger partial charge in [0.15, 0.2) is 0 Å². The van der Waals surface area contributed by atoms with Gasteiger partial charge in [-0.1, -0.05) is 202 Å². The molecule has 0 rings (SSSR count). The second-order valence-electron chi connectivity index (χ2n) is 12.8. The first-order chi connectivity index (χ1) is 18.4. The average Bonchev–Trinajstić information content (AvgIpc) is 2.88. The third-order valence-electron chi connectivity index (χ3n) is 8.02. The number of hydrogen-bond donors (Lipinski definition) is 1. The highest BCUT2D eigenvalue weighted by molar-refractivity contribution is 5.66. The molecular formula is C36H74O2. The van der Waals surface area contributed by atoms with Crippen molar-refractivity contribution in [2.75, 3.05) is 0 Å². The summed E-state index contributed by atoms with van der Waals surface area (Å²) in [7, 11) is 0. The molecule has 2 nitrogen and oxygen atoms in total. The summed E-state index contributed by atoms with van der Waals surface area (Å²) in [5, 5.41) is 8.52. The fourth-order valence-electron chi connectivity index (χ4n) is 5.29. The van der Waals surface area contributed by atoms with E-state index in [1.165, 1.54) is 161 Å². The van der Waals surface area contributed by atoms with Crippen LogP contribution in [0.25, 0.3) is 0 Å². The predicted molar refractivity (Wildman–Crippen MR) is 172 cm³/mol. The maximum absolute atomic E-state index is 10.3. The topological polar surface area (TPSA) is 37.3 Å². The molecular weight excluding hydrogens is 464 g/mol. The number of carbonyl (C=O) groups is 1. The van der Waals surface area contributed by atoms with Gasteiger partial charge in [-0.2, -0.15) is 0 Å². The van der Waals surface area contributed by atoms with Gasteiger partial charge in [-0.05, 0) is 18.3 Å². The lowest BCUT2D eigenvalue weighted by molar-refractivity contribution is -0.137. The van der Waals surface area contributed by atoms with Crippen molar-refractivity contribution in [2.45, 2.75) is 214 Å². The van der Waals surface area contributed by atoms with Crippen molar-refractivity contribution in [3.63, 3.8) is 0 Å². The number of aliphatic carboxylic acids is 1. The Morgan fingerprint density at radius 1 is 0.447 bits per heavy atom. The van der Waals surface area contributed by atoms with E-state index in [1.54, 1.807) is 0 Å². The Labute approximate surface area is 241 Å². The van der Waals surface area contributed by atoms with Crippen LogP contribution >= 0.6 is 0 Å². The normalized spacial score (nSPS) is 11.9. The molecule has 0 aromatic heterocycles. The second-order valence-corrected chi connectivity index (χ2v) is 12.8. The molecule has 2 heteroatoms. The monoisotopic (exact) mass is 539 g/mol. The van der Waals surface area contributed by atoms with Crippen LogP contribution in [-0.4, -0.2) is 11.1 Å². The molecule has 0 aliphatic rings. The third-order valence-corrected chi connectivity index (χ3v) is 8.02. The molecule has 0 aliphatic heterocycles. The zero-order chi connectivity index (χ0) is 28.5. The van der Waals surface area contributed by atoms with Gasteiger partial charge in [0.25, 0.3) is 0 Å². The molecule has 0 aliphatic carbocycles. The summed E-state index contributed by atoms with van der Waals surface area (Å²) in [6.07, 6.45) is 37.6. The first-order valence-electron chi connectivity index (χ1n) is 17.7. The Hall–Kier alpha value is -0.530. The van der Waals surface area contributed by atoms with Crippen molar-refractivity contribution < 1.29 is 9.90 Å². The van der Waals surface area contributed by atoms with Crippen LogP contribution in [0, 0.1) is 11.8 Å². The summed E-state index contributed by atoms with van der Waals surface area (Å²) in [5.74, 6) is 1.19. The number of unbranched alkanes of at least 4 members (excludes halogenated alkanes) is 21. The van der Waals surface area contributed by atoms with Crippen molar-refractivity contribution in [3.05, 3.63) is 0 Å². The maximum atomic E-state index is 10.3. The quantitative estimate of drug-likeness (QED) is 0.0961. The molecule has 38 heavy (non-hydrogen) atoms. The van der Waals surface area contributed by atoms with E-state index in [0.717, 1.165) is 24.7 Å². The van der Waals surface area contributed by atoms with E-state index in [1.807, 2.05) is 0 Å². The van der Waals surface area contributed by atoms with Gasteiger partial charge in [-0.25, -0.2) is 0 Å². The van der Waals surface area contributed by atoms with Crippen molar-refractivity contribution in [1.82, 2.24) is 0 Å². The van der Waals surface area contributed by atoms with Crippen LogP contribution in [0.1, 0.15) is 214 Å². The van der Waals surface area contributed by atoms with Crippen LogP contribution in [0.4, 0.5) is 0 Å². The lowest BCUT2D eigenvalue weighted by Crippen LogP contribution is -1.95. The Kier molecular flexibility index (Phi) is 36.0. The van der Waals surface area contributed by atoms with Crippen molar-refractivity contribution >= 4 is 5.97 Å². The Bertz CT molecular complexity index is 431. The number of carboxylic acids is 1. The minimum atomic E-state index is -0.654. The third kappa shape index (κ3) is 40.0. The molecule has 0 amide bonds. The van der Waals surface area contributed by atoms with Crippen LogP contribution in [0.5, 0.6) is 0 Å². The highest BCUT2D eigenvalue weighted by Gasteiger charge is 2.02. The second kappa shape index (κ2) is 34.5. The molecule has 0 saturated heterocycles. The van der Waals surface area contributed by atoms with E-state index in [9.17, 15) is 4.79 Å². The van der Waals surface area contributed by atoms with E-state index in [-0.39, 0.29) is 0 Å². The Morgan fingerprint density at radius 3 is 1.05 bits per heavy atom. The summed E-state index contributed by atoms with van der Waals surface area (Å²) in [4.78, 5) is 10.3. The van der Waals surface area contributed by atoms with Crippen molar-refractivity contribution in [2.24, 2.45) is 11.8 Å². The molecule has 230 valence electrons. The maximum Gasteiger partial charge on any atom is 0.303 e. The molecule has 0 bridgehead atoms. The number of hydrogen-bond acceptors (Lipinski definition) is 1. The van der Waals surface area contributed by atoms with Crippen LogP contribution in [-0.2, 0) is 4.79 Å². The van der Waals surface area contributed by atoms with Crippen molar-refractivity contribution in [1.29, 1.82) is 0 Å².